The third-order valence-electron chi connectivity index (χ3n) is 3.75. The van der Waals surface area contributed by atoms with Gasteiger partial charge in [-0.15, -0.1) is 0 Å². The monoisotopic (exact) mass is 218 g/mol. The Labute approximate surface area is 98.4 Å². The molecule has 0 fully saturated rings. The molecule has 0 saturated heterocycles. The van der Waals surface area contributed by atoms with Crippen LogP contribution in [0, 0.1) is 5.92 Å². The number of fused-ring (bicyclic) bond motifs is 1. The van der Waals surface area contributed by atoms with E-state index in [4.69, 9.17) is 5.73 Å². The van der Waals surface area contributed by atoms with E-state index in [1.54, 1.807) is 0 Å². The van der Waals surface area contributed by atoms with Gasteiger partial charge in [-0.1, -0.05) is 38.8 Å². The summed E-state index contributed by atoms with van der Waals surface area (Å²) in [6, 6.07) is 6.29. The highest BCUT2D eigenvalue weighted by Crippen LogP contribution is 2.34. The van der Waals surface area contributed by atoms with Gasteiger partial charge in [-0.05, 0) is 24.0 Å². The number of benzene rings is 1. The molecule has 0 saturated carbocycles. The summed E-state index contributed by atoms with van der Waals surface area (Å²) < 4.78 is 0. The molecule has 0 aromatic heterocycles. The van der Waals surface area contributed by atoms with Crippen LogP contribution in [0.25, 0.3) is 0 Å². The lowest BCUT2D eigenvalue weighted by Gasteiger charge is -2.25. The lowest BCUT2D eigenvalue weighted by molar-refractivity contribution is 0.488. The van der Waals surface area contributed by atoms with Gasteiger partial charge in [-0.25, -0.2) is 0 Å². The summed E-state index contributed by atoms with van der Waals surface area (Å²) in [5.74, 6) is 0.797. The molecule has 0 radical (unpaired) electrons. The lowest BCUT2D eigenvalue weighted by atomic mass is 10.0. The summed E-state index contributed by atoms with van der Waals surface area (Å²) in [6.45, 7) is 6.85. The predicted molar refractivity (Wildman–Crippen MR) is 70.8 cm³/mol. The summed E-state index contributed by atoms with van der Waals surface area (Å²) in [4.78, 5) is 2.47. The maximum Gasteiger partial charge on any atom is 0.0633 e. The van der Waals surface area contributed by atoms with E-state index in [1.165, 1.54) is 24.1 Å². The minimum Gasteiger partial charge on any atom is -0.397 e. The van der Waals surface area contributed by atoms with E-state index in [1.807, 2.05) is 6.07 Å². The van der Waals surface area contributed by atoms with Crippen LogP contribution in [0.1, 0.15) is 32.3 Å². The molecule has 0 amide bonds. The second-order valence-electron chi connectivity index (χ2n) is 4.73. The van der Waals surface area contributed by atoms with Crippen molar-refractivity contribution in [1.29, 1.82) is 0 Å². The Morgan fingerprint density at radius 3 is 2.75 bits per heavy atom. The number of nitrogens with zero attached hydrogens (tertiary/aromatic N) is 1. The lowest BCUT2D eigenvalue weighted by Crippen LogP contribution is -2.27. The standard InChI is InChI=1S/C14H22N2/c1-3-11(4-2)10-16-9-8-12-6-5-7-13(15)14(12)16/h5-7,11H,3-4,8-10,15H2,1-2H3. The fraction of sp³-hybridized carbons (Fsp3) is 0.571. The quantitative estimate of drug-likeness (QED) is 0.787. The van der Waals surface area contributed by atoms with Gasteiger partial charge in [0.25, 0.3) is 0 Å². The second kappa shape index (κ2) is 4.77. The van der Waals surface area contributed by atoms with Crippen LogP contribution in [-0.2, 0) is 6.42 Å². The molecule has 1 aromatic rings. The van der Waals surface area contributed by atoms with Crippen molar-refractivity contribution in [3.8, 4) is 0 Å². The zero-order chi connectivity index (χ0) is 11.5. The average molecular weight is 218 g/mol. The van der Waals surface area contributed by atoms with Crippen LogP contribution in [0.4, 0.5) is 11.4 Å². The van der Waals surface area contributed by atoms with E-state index in [0.29, 0.717) is 0 Å². The normalized spacial score (nSPS) is 14.6. The predicted octanol–water partition coefficient (Wildman–Crippen LogP) is 3.07. The molecule has 0 unspecified atom stereocenters. The summed E-state index contributed by atoms with van der Waals surface area (Å²) in [5.41, 5.74) is 9.75. The molecule has 1 aliphatic rings. The topological polar surface area (TPSA) is 29.3 Å². The molecular weight excluding hydrogens is 196 g/mol. The Morgan fingerprint density at radius 2 is 2.06 bits per heavy atom. The van der Waals surface area contributed by atoms with Crippen molar-refractivity contribution in [2.24, 2.45) is 5.92 Å². The third-order valence-corrected chi connectivity index (χ3v) is 3.75. The van der Waals surface area contributed by atoms with Gasteiger partial charge in [0.15, 0.2) is 0 Å². The number of hydrogen-bond acceptors (Lipinski definition) is 2. The maximum atomic E-state index is 6.08. The molecular formula is C14H22N2. The van der Waals surface area contributed by atoms with Crippen LogP contribution < -0.4 is 10.6 Å². The summed E-state index contributed by atoms with van der Waals surface area (Å²) in [6.07, 6.45) is 3.67. The molecule has 0 spiro atoms. The summed E-state index contributed by atoms with van der Waals surface area (Å²) in [7, 11) is 0. The number of hydrogen-bond donors (Lipinski definition) is 1. The van der Waals surface area contributed by atoms with Crippen LogP contribution in [0.3, 0.4) is 0 Å². The van der Waals surface area contributed by atoms with Crippen molar-refractivity contribution in [3.63, 3.8) is 0 Å². The van der Waals surface area contributed by atoms with Gasteiger partial charge in [0.05, 0.1) is 11.4 Å². The molecule has 2 rings (SSSR count). The van der Waals surface area contributed by atoms with Crippen molar-refractivity contribution in [2.75, 3.05) is 23.7 Å². The Balaban J connectivity index is 2.16. The van der Waals surface area contributed by atoms with Gasteiger partial charge in [0, 0.05) is 13.1 Å². The summed E-state index contributed by atoms with van der Waals surface area (Å²) in [5, 5.41) is 0. The smallest absolute Gasteiger partial charge is 0.0633 e. The molecule has 16 heavy (non-hydrogen) atoms. The van der Waals surface area contributed by atoms with Crippen molar-refractivity contribution in [3.05, 3.63) is 23.8 Å². The van der Waals surface area contributed by atoms with Crippen molar-refractivity contribution in [2.45, 2.75) is 33.1 Å². The Morgan fingerprint density at radius 1 is 1.31 bits per heavy atom. The molecule has 0 aliphatic carbocycles. The molecule has 2 heteroatoms. The average Bonchev–Trinajstić information content (AvgIpc) is 2.70. The van der Waals surface area contributed by atoms with Crippen molar-refractivity contribution >= 4 is 11.4 Å². The molecule has 1 heterocycles. The van der Waals surface area contributed by atoms with E-state index < -0.39 is 0 Å². The third kappa shape index (κ3) is 2.01. The molecule has 1 aromatic carbocycles. The number of nitrogens with two attached hydrogens (primary N) is 1. The fourth-order valence-electron chi connectivity index (χ4n) is 2.61. The molecule has 2 N–H and O–H groups in total. The highest BCUT2D eigenvalue weighted by Gasteiger charge is 2.22. The van der Waals surface area contributed by atoms with Crippen LogP contribution in [0.5, 0.6) is 0 Å². The number of para-hydroxylation sites is 1. The Hall–Kier alpha value is -1.18. The van der Waals surface area contributed by atoms with Crippen molar-refractivity contribution < 1.29 is 0 Å². The first-order valence-corrected chi connectivity index (χ1v) is 6.38. The Bertz CT molecular complexity index is 356. The van der Waals surface area contributed by atoms with Gasteiger partial charge >= 0.3 is 0 Å². The van der Waals surface area contributed by atoms with Gasteiger partial charge in [-0.2, -0.15) is 0 Å². The summed E-state index contributed by atoms with van der Waals surface area (Å²) >= 11 is 0. The van der Waals surface area contributed by atoms with Crippen LogP contribution in [0.2, 0.25) is 0 Å². The molecule has 2 nitrogen and oxygen atoms in total. The first-order chi connectivity index (χ1) is 7.76. The SMILES string of the molecule is CCC(CC)CN1CCc2cccc(N)c21. The molecule has 0 bridgehead atoms. The number of nitrogen functional groups attached to an aromatic ring is 1. The van der Waals surface area contributed by atoms with Crippen molar-refractivity contribution in [1.82, 2.24) is 0 Å². The van der Waals surface area contributed by atoms with E-state index >= 15 is 0 Å². The molecule has 1 aliphatic heterocycles. The van der Waals surface area contributed by atoms with Crippen LogP contribution in [0.15, 0.2) is 18.2 Å². The number of anilines is 2. The van der Waals surface area contributed by atoms with Gasteiger partial charge in [0.1, 0.15) is 0 Å². The first-order valence-electron chi connectivity index (χ1n) is 6.38. The number of rotatable bonds is 4. The fourth-order valence-corrected chi connectivity index (χ4v) is 2.61. The maximum absolute atomic E-state index is 6.08. The van der Waals surface area contributed by atoms with Gasteiger partial charge < -0.3 is 10.6 Å². The van der Waals surface area contributed by atoms with E-state index in [-0.39, 0.29) is 0 Å². The molecule has 0 atom stereocenters. The minimum absolute atomic E-state index is 0.797. The minimum atomic E-state index is 0.797. The van der Waals surface area contributed by atoms with E-state index in [2.05, 4.69) is 30.9 Å². The van der Waals surface area contributed by atoms with Gasteiger partial charge in [0.2, 0.25) is 0 Å². The van der Waals surface area contributed by atoms with Gasteiger partial charge in [-0.3, -0.25) is 0 Å². The first kappa shape index (κ1) is 11.3. The van der Waals surface area contributed by atoms with E-state index in [0.717, 1.165) is 31.1 Å². The second-order valence-corrected chi connectivity index (χ2v) is 4.73. The largest absolute Gasteiger partial charge is 0.397 e. The Kier molecular flexibility index (Phi) is 3.37. The van der Waals surface area contributed by atoms with Crippen LogP contribution >= 0.6 is 0 Å². The molecule has 88 valence electrons. The highest BCUT2D eigenvalue weighted by molar-refractivity contribution is 5.74. The highest BCUT2D eigenvalue weighted by atomic mass is 15.2. The zero-order valence-corrected chi connectivity index (χ0v) is 10.4. The van der Waals surface area contributed by atoms with E-state index in [9.17, 15) is 0 Å². The zero-order valence-electron chi connectivity index (χ0n) is 10.4. The van der Waals surface area contributed by atoms with Crippen LogP contribution in [-0.4, -0.2) is 13.1 Å².